The Labute approximate surface area is 489 Å². The summed E-state index contributed by atoms with van der Waals surface area (Å²) in [5, 5.41) is 20.5. The van der Waals surface area contributed by atoms with Crippen molar-refractivity contribution < 1.29 is 75.8 Å². The number of aliphatic hydroxyl groups is 2. The zero-order valence-corrected chi connectivity index (χ0v) is 52.0. The molecule has 0 aliphatic heterocycles. The molecule has 0 rings (SSSR count). The first-order valence-corrected chi connectivity index (χ1v) is 33.9. The van der Waals surface area contributed by atoms with Gasteiger partial charge in [0, 0.05) is 19.3 Å². The fraction of sp³-hybridized carbons (Fsp3) is 0.730. The third-order valence-electron chi connectivity index (χ3n) is 12.6. The minimum Gasteiger partial charge on any atom is -0.463 e. The SMILES string of the molecule is CC/C=C\C/C=C\C/C=C\CCCCCCCC(=O)OCC(O)COP(=O)(O)OCC(O)COP(=O)(O)OCC(COC(=O)CCCCCCC/C=C\C/C=C\C/C=C\CC)OC(=O)CCCCCCC/C=C\CCCCCCCC. The van der Waals surface area contributed by atoms with Crippen molar-refractivity contribution in [2.75, 3.05) is 39.6 Å². The number of carbonyl (C=O) groups excluding carboxylic acids is 3. The van der Waals surface area contributed by atoms with Crippen molar-refractivity contribution in [2.24, 2.45) is 0 Å². The average molecular weight is 1190 g/mol. The van der Waals surface area contributed by atoms with Gasteiger partial charge in [-0.2, -0.15) is 0 Å². The maximum atomic E-state index is 12.9. The highest BCUT2D eigenvalue weighted by Crippen LogP contribution is 2.45. The van der Waals surface area contributed by atoms with E-state index in [9.17, 15) is 43.5 Å². The van der Waals surface area contributed by atoms with E-state index >= 15 is 0 Å². The molecule has 0 aliphatic carbocycles. The molecule has 468 valence electrons. The van der Waals surface area contributed by atoms with Gasteiger partial charge in [0.1, 0.15) is 25.4 Å². The standard InChI is InChI=1S/C63H110O16P2/c1-4-7-10-13-16-19-22-25-28-31-34-37-40-43-46-49-61(66)73-52-58(64)53-75-80(69,70)76-54-59(65)55-77-81(71,72)78-57-60(79-63(68)51-48-45-42-39-36-33-30-27-24-21-18-15-12-9-6-3)56-74-62(67)50-47-44-41-38-35-32-29-26-23-20-17-14-11-8-5-2/h7-8,10-11,16-17,19-20,25-30,58-60,64-65H,4-6,9,12-15,18,21-24,31-57H2,1-3H3,(H,69,70)(H,71,72)/b10-7-,11-8-,19-16-,20-17-,28-25-,29-26-,30-27-. The Morgan fingerprint density at radius 2 is 0.654 bits per heavy atom. The molecule has 5 atom stereocenters. The zero-order chi connectivity index (χ0) is 59.6. The molecule has 0 heterocycles. The number of hydrogen-bond donors (Lipinski definition) is 4. The summed E-state index contributed by atoms with van der Waals surface area (Å²) in [5.74, 6) is -1.62. The molecule has 0 fully saturated rings. The largest absolute Gasteiger partial charge is 0.472 e. The fourth-order valence-electron chi connectivity index (χ4n) is 7.89. The van der Waals surface area contributed by atoms with Crippen molar-refractivity contribution in [3.05, 3.63) is 85.1 Å². The lowest BCUT2D eigenvalue weighted by molar-refractivity contribution is -0.161. The van der Waals surface area contributed by atoms with E-state index in [2.05, 4.69) is 106 Å². The van der Waals surface area contributed by atoms with Crippen LogP contribution in [-0.2, 0) is 55.8 Å². The van der Waals surface area contributed by atoms with E-state index < -0.39 is 91.5 Å². The fourth-order valence-corrected chi connectivity index (χ4v) is 9.47. The van der Waals surface area contributed by atoms with Crippen molar-refractivity contribution in [2.45, 2.75) is 257 Å². The number of unbranched alkanes of at least 4 members (excludes halogenated alkanes) is 21. The first-order valence-electron chi connectivity index (χ1n) is 30.9. The van der Waals surface area contributed by atoms with Crippen LogP contribution in [0.3, 0.4) is 0 Å². The number of allylic oxidation sites excluding steroid dienone is 14. The van der Waals surface area contributed by atoms with E-state index in [-0.39, 0.29) is 19.3 Å². The average Bonchev–Trinajstić information content (AvgIpc) is 3.45. The molecule has 0 amide bonds. The van der Waals surface area contributed by atoms with Crippen molar-refractivity contribution >= 4 is 33.6 Å². The number of aliphatic hydroxyl groups excluding tert-OH is 2. The lowest BCUT2D eigenvalue weighted by Crippen LogP contribution is -2.30. The van der Waals surface area contributed by atoms with Gasteiger partial charge in [-0.25, -0.2) is 9.13 Å². The summed E-state index contributed by atoms with van der Waals surface area (Å²) in [6, 6.07) is 0. The van der Waals surface area contributed by atoms with Crippen molar-refractivity contribution in [1.29, 1.82) is 0 Å². The van der Waals surface area contributed by atoms with Gasteiger partial charge in [-0.3, -0.25) is 32.5 Å². The summed E-state index contributed by atoms with van der Waals surface area (Å²) in [4.78, 5) is 58.1. The van der Waals surface area contributed by atoms with Crippen molar-refractivity contribution in [1.82, 2.24) is 0 Å². The van der Waals surface area contributed by atoms with E-state index in [1.54, 1.807) is 0 Å². The number of ether oxygens (including phenoxy) is 3. The Hall–Kier alpha value is -3.27. The van der Waals surface area contributed by atoms with Crippen LogP contribution < -0.4 is 0 Å². The van der Waals surface area contributed by atoms with Gasteiger partial charge < -0.3 is 34.2 Å². The first kappa shape index (κ1) is 77.7. The van der Waals surface area contributed by atoms with Crippen LogP contribution in [0.1, 0.15) is 239 Å². The van der Waals surface area contributed by atoms with E-state index in [0.717, 1.165) is 141 Å². The van der Waals surface area contributed by atoms with Crippen LogP contribution in [-0.4, -0.2) is 95.9 Å². The van der Waals surface area contributed by atoms with Crippen LogP contribution in [0.25, 0.3) is 0 Å². The zero-order valence-electron chi connectivity index (χ0n) is 50.2. The van der Waals surface area contributed by atoms with Crippen LogP contribution in [0.15, 0.2) is 85.1 Å². The number of phosphoric ester groups is 2. The summed E-state index contributed by atoms with van der Waals surface area (Å²) in [6.45, 7) is 2.37. The Balaban J connectivity index is 4.75. The molecule has 0 saturated heterocycles. The van der Waals surface area contributed by atoms with Crippen molar-refractivity contribution in [3.63, 3.8) is 0 Å². The normalized spacial score (nSPS) is 15.0. The van der Waals surface area contributed by atoms with E-state index in [0.29, 0.717) is 19.3 Å². The minimum atomic E-state index is -4.92. The molecule has 0 bridgehead atoms. The number of phosphoric acid groups is 2. The third kappa shape index (κ3) is 58.3. The highest BCUT2D eigenvalue weighted by molar-refractivity contribution is 7.47. The summed E-state index contributed by atoms with van der Waals surface area (Å²) in [7, 11) is -9.77. The molecule has 0 aromatic rings. The molecule has 0 aromatic carbocycles. The molecular weight excluding hydrogens is 1070 g/mol. The van der Waals surface area contributed by atoms with Gasteiger partial charge >= 0.3 is 33.6 Å². The molecule has 5 unspecified atom stereocenters. The lowest BCUT2D eigenvalue weighted by Gasteiger charge is -2.21. The topological polar surface area (TPSA) is 231 Å². The lowest BCUT2D eigenvalue weighted by atomic mass is 10.1. The maximum Gasteiger partial charge on any atom is 0.472 e. The molecular formula is C63H110O16P2. The van der Waals surface area contributed by atoms with E-state index in [1.165, 1.54) is 38.5 Å². The summed E-state index contributed by atoms with van der Waals surface area (Å²) < 4.78 is 60.6. The first-order chi connectivity index (χ1) is 39.2. The second kappa shape index (κ2) is 57.2. The molecule has 0 spiro atoms. The minimum absolute atomic E-state index is 0.0903. The Bertz CT molecular complexity index is 1830. The number of carbonyl (C=O) groups is 3. The maximum absolute atomic E-state index is 12.9. The van der Waals surface area contributed by atoms with Crippen LogP contribution in [0, 0.1) is 0 Å². The highest BCUT2D eigenvalue weighted by atomic mass is 31.2. The van der Waals surface area contributed by atoms with Gasteiger partial charge in [-0.15, -0.1) is 0 Å². The number of rotatable bonds is 58. The van der Waals surface area contributed by atoms with Crippen molar-refractivity contribution in [3.8, 4) is 0 Å². The summed E-state index contributed by atoms with van der Waals surface area (Å²) in [6.07, 6.45) is 57.9. The molecule has 0 aromatic heterocycles. The van der Waals surface area contributed by atoms with Crippen LogP contribution in [0.5, 0.6) is 0 Å². The smallest absolute Gasteiger partial charge is 0.463 e. The number of esters is 3. The molecule has 0 saturated carbocycles. The van der Waals surface area contributed by atoms with Crippen LogP contribution >= 0.6 is 15.6 Å². The molecule has 16 nitrogen and oxygen atoms in total. The predicted octanol–water partition coefficient (Wildman–Crippen LogP) is 16.2. The molecule has 0 radical (unpaired) electrons. The van der Waals surface area contributed by atoms with Gasteiger partial charge in [-0.05, 0) is 109 Å². The predicted molar refractivity (Wildman–Crippen MR) is 325 cm³/mol. The quantitative estimate of drug-likeness (QED) is 0.0146. The van der Waals surface area contributed by atoms with Gasteiger partial charge in [0.05, 0.1) is 26.4 Å². The third-order valence-corrected chi connectivity index (χ3v) is 14.5. The van der Waals surface area contributed by atoms with E-state index in [4.69, 9.17) is 32.3 Å². The Morgan fingerprint density at radius 3 is 1.05 bits per heavy atom. The van der Waals surface area contributed by atoms with Gasteiger partial charge in [-0.1, -0.05) is 196 Å². The van der Waals surface area contributed by atoms with Gasteiger partial charge in [0.25, 0.3) is 0 Å². The monoisotopic (exact) mass is 1180 g/mol. The molecule has 81 heavy (non-hydrogen) atoms. The molecule has 0 aliphatic rings. The summed E-state index contributed by atoms with van der Waals surface area (Å²) in [5.41, 5.74) is 0. The Kier molecular flexibility index (Phi) is 54.9. The van der Waals surface area contributed by atoms with E-state index in [1.807, 2.05) is 0 Å². The van der Waals surface area contributed by atoms with Gasteiger partial charge in [0.2, 0.25) is 0 Å². The Morgan fingerprint density at radius 1 is 0.358 bits per heavy atom. The second-order valence-corrected chi connectivity index (χ2v) is 23.3. The van der Waals surface area contributed by atoms with Crippen LogP contribution in [0.4, 0.5) is 0 Å². The summed E-state index contributed by atoms with van der Waals surface area (Å²) >= 11 is 0. The molecule has 4 N–H and O–H groups in total. The molecule has 18 heteroatoms. The second-order valence-electron chi connectivity index (χ2n) is 20.4. The highest BCUT2D eigenvalue weighted by Gasteiger charge is 2.29. The van der Waals surface area contributed by atoms with Gasteiger partial charge in [0.15, 0.2) is 6.10 Å². The number of hydrogen-bond acceptors (Lipinski definition) is 14. The van der Waals surface area contributed by atoms with Crippen LogP contribution in [0.2, 0.25) is 0 Å².